The van der Waals surface area contributed by atoms with E-state index in [1.807, 2.05) is 0 Å². The van der Waals surface area contributed by atoms with E-state index in [1.54, 1.807) is 24.5 Å². The second kappa shape index (κ2) is 5.91. The van der Waals surface area contributed by atoms with Crippen molar-refractivity contribution in [1.82, 2.24) is 4.98 Å². The number of hydrogen-bond acceptors (Lipinski definition) is 3. The minimum absolute atomic E-state index is 0.0872. The molecule has 6 heteroatoms. The Balaban J connectivity index is 2.11. The van der Waals surface area contributed by atoms with Gasteiger partial charge < -0.3 is 10.4 Å². The fraction of sp³-hybridized carbons (Fsp3) is 0.0769. The Bertz CT molecular complexity index is 603. The summed E-state index contributed by atoms with van der Waals surface area (Å²) in [6.07, 6.45) is 3.38. The highest BCUT2D eigenvalue weighted by molar-refractivity contribution is 6.36. The lowest BCUT2D eigenvalue weighted by Gasteiger charge is -2.09. The molecule has 0 saturated heterocycles. The van der Waals surface area contributed by atoms with E-state index in [0.29, 0.717) is 5.02 Å². The van der Waals surface area contributed by atoms with E-state index in [9.17, 15) is 9.90 Å². The van der Waals surface area contributed by atoms with Crippen molar-refractivity contribution in [2.24, 2.45) is 0 Å². The van der Waals surface area contributed by atoms with Crippen LogP contribution in [0.15, 0.2) is 36.7 Å². The maximum Gasteiger partial charge on any atom is 0.228 e. The Kier molecular flexibility index (Phi) is 4.24. The Morgan fingerprint density at radius 2 is 2.16 bits per heavy atom. The van der Waals surface area contributed by atoms with Gasteiger partial charge in [0, 0.05) is 17.4 Å². The third kappa shape index (κ3) is 3.59. The van der Waals surface area contributed by atoms with Crippen molar-refractivity contribution in [3.8, 4) is 5.75 Å². The number of carbonyl (C=O) groups is 1. The zero-order chi connectivity index (χ0) is 13.8. The average molecular weight is 297 g/mol. The number of phenolic OH excluding ortho intramolecular Hbond substituents is 1. The maximum absolute atomic E-state index is 11.8. The zero-order valence-corrected chi connectivity index (χ0v) is 11.2. The van der Waals surface area contributed by atoms with Crippen LogP contribution in [0.3, 0.4) is 0 Å². The first-order valence-corrected chi connectivity index (χ1v) is 6.18. The lowest BCUT2D eigenvalue weighted by atomic mass is 10.2. The lowest BCUT2D eigenvalue weighted by molar-refractivity contribution is -0.115. The SMILES string of the molecule is O=C(Cc1cccnc1)Nc1cc(Cl)cc(Cl)c1O. The van der Waals surface area contributed by atoms with Crippen LogP contribution in [0.4, 0.5) is 5.69 Å². The van der Waals surface area contributed by atoms with Crippen molar-refractivity contribution >= 4 is 34.8 Å². The third-order valence-corrected chi connectivity index (χ3v) is 2.90. The van der Waals surface area contributed by atoms with E-state index in [0.717, 1.165) is 5.56 Å². The molecule has 2 aromatic rings. The van der Waals surface area contributed by atoms with Gasteiger partial charge in [-0.1, -0.05) is 29.3 Å². The predicted molar refractivity (Wildman–Crippen MR) is 74.7 cm³/mol. The van der Waals surface area contributed by atoms with Crippen LogP contribution in [0.2, 0.25) is 10.0 Å². The molecule has 0 radical (unpaired) electrons. The number of nitrogens with one attached hydrogen (secondary N) is 1. The topological polar surface area (TPSA) is 62.2 Å². The number of aromatic hydroxyl groups is 1. The summed E-state index contributed by atoms with van der Waals surface area (Å²) in [5.41, 5.74) is 0.957. The van der Waals surface area contributed by atoms with E-state index in [4.69, 9.17) is 23.2 Å². The third-order valence-electron chi connectivity index (χ3n) is 2.39. The summed E-state index contributed by atoms with van der Waals surface area (Å²) < 4.78 is 0. The largest absolute Gasteiger partial charge is 0.504 e. The first kappa shape index (κ1) is 13.6. The monoisotopic (exact) mass is 296 g/mol. The van der Waals surface area contributed by atoms with Gasteiger partial charge in [0.25, 0.3) is 0 Å². The lowest BCUT2D eigenvalue weighted by Crippen LogP contribution is -2.14. The normalized spacial score (nSPS) is 10.2. The van der Waals surface area contributed by atoms with Gasteiger partial charge in [0.05, 0.1) is 17.1 Å². The second-order valence-electron chi connectivity index (χ2n) is 3.87. The number of pyridine rings is 1. The molecule has 0 spiro atoms. The molecule has 4 nitrogen and oxygen atoms in total. The number of aromatic nitrogens is 1. The molecule has 0 unspecified atom stereocenters. The number of benzene rings is 1. The summed E-state index contributed by atoms with van der Waals surface area (Å²) in [5, 5.41) is 12.7. The van der Waals surface area contributed by atoms with Gasteiger partial charge >= 0.3 is 0 Å². The Hall–Kier alpha value is -1.78. The van der Waals surface area contributed by atoms with Crippen molar-refractivity contribution < 1.29 is 9.90 Å². The van der Waals surface area contributed by atoms with Gasteiger partial charge in [-0.25, -0.2) is 0 Å². The molecule has 0 fully saturated rings. The molecule has 0 atom stereocenters. The quantitative estimate of drug-likeness (QED) is 0.855. The van der Waals surface area contributed by atoms with Crippen molar-refractivity contribution in [1.29, 1.82) is 0 Å². The highest BCUT2D eigenvalue weighted by Crippen LogP contribution is 2.34. The number of carbonyl (C=O) groups excluding carboxylic acids is 1. The molecule has 1 heterocycles. The Labute approximate surface area is 120 Å². The van der Waals surface area contributed by atoms with Gasteiger partial charge in [0.1, 0.15) is 0 Å². The van der Waals surface area contributed by atoms with E-state index in [2.05, 4.69) is 10.3 Å². The second-order valence-corrected chi connectivity index (χ2v) is 4.71. The van der Waals surface area contributed by atoms with Crippen LogP contribution in [-0.2, 0) is 11.2 Å². The van der Waals surface area contributed by atoms with Gasteiger partial charge in [-0.2, -0.15) is 0 Å². The first-order chi connectivity index (χ1) is 9.06. The summed E-state index contributed by atoms with van der Waals surface area (Å²) >= 11 is 11.6. The highest BCUT2D eigenvalue weighted by atomic mass is 35.5. The minimum atomic E-state index is -0.290. The summed E-state index contributed by atoms with van der Waals surface area (Å²) in [7, 11) is 0. The van der Waals surface area contributed by atoms with Crippen molar-refractivity contribution in [3.05, 3.63) is 52.3 Å². The van der Waals surface area contributed by atoms with E-state index >= 15 is 0 Å². The molecule has 19 heavy (non-hydrogen) atoms. The van der Waals surface area contributed by atoms with Gasteiger partial charge in [-0.3, -0.25) is 9.78 Å². The smallest absolute Gasteiger partial charge is 0.228 e. The van der Waals surface area contributed by atoms with Gasteiger partial charge in [0.15, 0.2) is 5.75 Å². The van der Waals surface area contributed by atoms with Crippen LogP contribution >= 0.6 is 23.2 Å². The van der Waals surface area contributed by atoms with Crippen LogP contribution in [-0.4, -0.2) is 16.0 Å². The molecular weight excluding hydrogens is 287 g/mol. The number of hydrogen-bond donors (Lipinski definition) is 2. The molecule has 2 N–H and O–H groups in total. The molecule has 2 rings (SSSR count). The van der Waals surface area contributed by atoms with E-state index in [1.165, 1.54) is 12.1 Å². The molecule has 0 aliphatic carbocycles. The standard InChI is InChI=1S/C13H10Cl2N2O2/c14-9-5-10(15)13(19)11(6-9)17-12(18)4-8-2-1-3-16-7-8/h1-3,5-7,19H,4H2,(H,17,18). The molecule has 98 valence electrons. The Morgan fingerprint density at radius 3 is 2.84 bits per heavy atom. The van der Waals surface area contributed by atoms with Gasteiger partial charge in [-0.05, 0) is 23.8 Å². The molecular formula is C13H10Cl2N2O2. The number of anilines is 1. The average Bonchev–Trinajstić information content (AvgIpc) is 2.36. The summed E-state index contributed by atoms with van der Waals surface area (Å²) in [6.45, 7) is 0. The summed E-state index contributed by atoms with van der Waals surface area (Å²) in [5.74, 6) is -0.493. The maximum atomic E-state index is 11.8. The molecule has 0 bridgehead atoms. The first-order valence-electron chi connectivity index (χ1n) is 5.43. The number of phenols is 1. The van der Waals surface area contributed by atoms with Gasteiger partial charge in [-0.15, -0.1) is 0 Å². The van der Waals surface area contributed by atoms with Crippen LogP contribution in [0.5, 0.6) is 5.75 Å². The number of rotatable bonds is 3. The van der Waals surface area contributed by atoms with Crippen molar-refractivity contribution in [2.75, 3.05) is 5.32 Å². The number of nitrogens with zero attached hydrogens (tertiary/aromatic N) is 1. The molecule has 1 aromatic heterocycles. The van der Waals surface area contributed by atoms with Crippen molar-refractivity contribution in [3.63, 3.8) is 0 Å². The van der Waals surface area contributed by atoms with E-state index < -0.39 is 0 Å². The van der Waals surface area contributed by atoms with Crippen LogP contribution < -0.4 is 5.32 Å². The molecule has 0 aliphatic rings. The van der Waals surface area contributed by atoms with Crippen molar-refractivity contribution in [2.45, 2.75) is 6.42 Å². The molecule has 1 amide bonds. The Morgan fingerprint density at radius 1 is 1.37 bits per heavy atom. The highest BCUT2D eigenvalue weighted by Gasteiger charge is 2.11. The fourth-order valence-corrected chi connectivity index (χ4v) is 2.04. The fourth-order valence-electron chi connectivity index (χ4n) is 1.54. The molecule has 0 saturated carbocycles. The molecule has 1 aromatic carbocycles. The van der Waals surface area contributed by atoms with Crippen LogP contribution in [0.25, 0.3) is 0 Å². The van der Waals surface area contributed by atoms with Crippen LogP contribution in [0.1, 0.15) is 5.56 Å². The van der Waals surface area contributed by atoms with E-state index in [-0.39, 0.29) is 28.8 Å². The summed E-state index contributed by atoms with van der Waals surface area (Å²) in [4.78, 5) is 15.7. The van der Waals surface area contributed by atoms with Gasteiger partial charge in [0.2, 0.25) is 5.91 Å². The zero-order valence-electron chi connectivity index (χ0n) is 9.73. The summed E-state index contributed by atoms with van der Waals surface area (Å²) in [6, 6.07) is 6.37. The van der Waals surface area contributed by atoms with Crippen LogP contribution in [0, 0.1) is 0 Å². The number of amides is 1. The molecule has 0 aliphatic heterocycles. The predicted octanol–water partition coefficient (Wildman–Crippen LogP) is 3.28. The minimum Gasteiger partial charge on any atom is -0.504 e. The number of halogens is 2.